The number of carboxylic acids is 1. The van der Waals surface area contributed by atoms with Crippen LogP contribution in [0.25, 0.3) is 0 Å². The number of carbonyl (C=O) groups excluding carboxylic acids is 2. The summed E-state index contributed by atoms with van der Waals surface area (Å²) < 4.78 is 4.90. The quantitative estimate of drug-likeness (QED) is 0.785. The predicted octanol–water partition coefficient (Wildman–Crippen LogP) is 3.40. The summed E-state index contributed by atoms with van der Waals surface area (Å²) in [5.74, 6) is -1.17. The van der Waals surface area contributed by atoms with Crippen LogP contribution >= 0.6 is 0 Å². The molecule has 0 atom stereocenters. The van der Waals surface area contributed by atoms with E-state index in [0.717, 1.165) is 25.7 Å². The van der Waals surface area contributed by atoms with Crippen molar-refractivity contribution >= 4 is 29.3 Å². The Kier molecular flexibility index (Phi) is 5.44. The summed E-state index contributed by atoms with van der Waals surface area (Å²) in [5, 5.41) is 12.5. The molecule has 0 radical (unpaired) electrons. The molecule has 2 fully saturated rings. The number of cyclic esters (lactones) is 1. The van der Waals surface area contributed by atoms with Gasteiger partial charge in [0.25, 0.3) is 0 Å². The monoisotopic (exact) mass is 360 g/mol. The lowest BCUT2D eigenvalue weighted by Gasteiger charge is -2.27. The Balaban J connectivity index is 1.63. The van der Waals surface area contributed by atoms with Crippen molar-refractivity contribution in [1.29, 1.82) is 0 Å². The van der Waals surface area contributed by atoms with E-state index in [4.69, 9.17) is 4.74 Å². The average Bonchev–Trinajstić information content (AvgIpc) is 2.89. The number of carbonyl (C=O) groups is 3. The second kappa shape index (κ2) is 7.76. The molecule has 1 saturated heterocycles. The van der Waals surface area contributed by atoms with E-state index in [0.29, 0.717) is 37.4 Å². The summed E-state index contributed by atoms with van der Waals surface area (Å²) in [6.07, 6.45) is 4.45. The van der Waals surface area contributed by atoms with Crippen LogP contribution in [-0.2, 0) is 14.3 Å². The Morgan fingerprint density at radius 3 is 2.31 bits per heavy atom. The number of amides is 2. The molecule has 0 spiro atoms. The first-order valence-corrected chi connectivity index (χ1v) is 9.08. The van der Waals surface area contributed by atoms with Gasteiger partial charge in [-0.1, -0.05) is 25.7 Å². The molecule has 2 aliphatic rings. The van der Waals surface area contributed by atoms with Gasteiger partial charge < -0.3 is 15.2 Å². The van der Waals surface area contributed by atoms with Crippen molar-refractivity contribution in [3.8, 4) is 0 Å². The second-order valence-electron chi connectivity index (χ2n) is 7.04. The minimum atomic E-state index is -0.958. The molecule has 3 rings (SSSR count). The molecule has 0 bridgehead atoms. The number of ether oxygens (including phenoxy) is 1. The molecule has 7 nitrogen and oxygen atoms in total. The molecule has 140 valence electrons. The van der Waals surface area contributed by atoms with Gasteiger partial charge in [-0.2, -0.15) is 0 Å². The molecule has 1 heterocycles. The predicted molar refractivity (Wildman–Crippen MR) is 96.2 cm³/mol. The van der Waals surface area contributed by atoms with Gasteiger partial charge in [-0.3, -0.25) is 14.5 Å². The topological polar surface area (TPSA) is 95.9 Å². The highest BCUT2D eigenvalue weighted by Gasteiger charge is 2.40. The molecule has 1 aromatic carbocycles. The summed E-state index contributed by atoms with van der Waals surface area (Å²) in [6, 6.07) is 6.89. The third-order valence-corrected chi connectivity index (χ3v) is 5.24. The number of anilines is 2. The van der Waals surface area contributed by atoms with E-state index in [1.165, 1.54) is 4.90 Å². The summed E-state index contributed by atoms with van der Waals surface area (Å²) in [6.45, 7) is 0.875. The van der Waals surface area contributed by atoms with Crippen molar-refractivity contribution in [2.45, 2.75) is 44.9 Å². The first kappa shape index (κ1) is 18.2. The molecule has 2 N–H and O–H groups in total. The number of hydrogen-bond donors (Lipinski definition) is 2. The van der Waals surface area contributed by atoms with Crippen LogP contribution in [0.1, 0.15) is 44.9 Å². The maximum atomic E-state index is 12.4. The molecular weight excluding hydrogens is 336 g/mol. The van der Waals surface area contributed by atoms with Crippen molar-refractivity contribution in [1.82, 2.24) is 0 Å². The smallest absolute Gasteiger partial charge is 0.414 e. The summed E-state index contributed by atoms with van der Waals surface area (Å²) in [4.78, 5) is 37.3. The van der Waals surface area contributed by atoms with Gasteiger partial charge in [0.1, 0.15) is 6.61 Å². The molecule has 2 amide bonds. The highest BCUT2D eigenvalue weighted by Crippen LogP contribution is 2.38. The Morgan fingerprint density at radius 1 is 1.12 bits per heavy atom. The van der Waals surface area contributed by atoms with Crippen LogP contribution in [0.4, 0.5) is 16.2 Å². The SMILES string of the molecule is O=C(CC1(C(=O)O)CCCCCC1)Nc1ccc(N2CCOC2=O)cc1. The van der Waals surface area contributed by atoms with Crippen molar-refractivity contribution in [3.63, 3.8) is 0 Å². The van der Waals surface area contributed by atoms with Crippen LogP contribution in [0, 0.1) is 5.41 Å². The van der Waals surface area contributed by atoms with Crippen LogP contribution in [0.2, 0.25) is 0 Å². The largest absolute Gasteiger partial charge is 0.481 e. The Hall–Kier alpha value is -2.57. The van der Waals surface area contributed by atoms with E-state index < -0.39 is 11.4 Å². The zero-order valence-electron chi connectivity index (χ0n) is 14.7. The van der Waals surface area contributed by atoms with E-state index in [-0.39, 0.29) is 18.4 Å². The number of carboxylic acid groups (broad SMARTS) is 1. The zero-order valence-corrected chi connectivity index (χ0v) is 14.7. The average molecular weight is 360 g/mol. The van der Waals surface area contributed by atoms with Gasteiger partial charge >= 0.3 is 12.1 Å². The van der Waals surface area contributed by atoms with Crippen molar-refractivity contribution in [2.75, 3.05) is 23.4 Å². The number of benzene rings is 1. The standard InChI is InChI=1S/C19H24N2O5/c22-16(13-19(17(23)24)9-3-1-2-4-10-19)20-14-5-7-15(8-6-14)21-11-12-26-18(21)25/h5-8H,1-4,9-13H2,(H,20,22)(H,23,24). The lowest BCUT2D eigenvalue weighted by Crippen LogP contribution is -2.35. The lowest BCUT2D eigenvalue weighted by molar-refractivity contribution is -0.152. The highest BCUT2D eigenvalue weighted by atomic mass is 16.6. The molecule has 7 heteroatoms. The molecule has 0 aromatic heterocycles. The first-order chi connectivity index (χ1) is 12.5. The number of rotatable bonds is 5. The Bertz CT molecular complexity index is 678. The normalized spacial score (nSPS) is 19.5. The lowest BCUT2D eigenvalue weighted by atomic mass is 9.77. The maximum absolute atomic E-state index is 12.4. The van der Waals surface area contributed by atoms with Gasteiger partial charge in [-0.25, -0.2) is 4.79 Å². The van der Waals surface area contributed by atoms with Crippen LogP contribution in [0.5, 0.6) is 0 Å². The third-order valence-electron chi connectivity index (χ3n) is 5.24. The zero-order chi connectivity index (χ0) is 18.6. The van der Waals surface area contributed by atoms with Crippen LogP contribution < -0.4 is 10.2 Å². The molecule has 1 aromatic rings. The van der Waals surface area contributed by atoms with Gasteiger partial charge in [0.2, 0.25) is 5.91 Å². The van der Waals surface area contributed by atoms with Crippen LogP contribution in [0.3, 0.4) is 0 Å². The van der Waals surface area contributed by atoms with E-state index in [1.807, 2.05) is 0 Å². The second-order valence-corrected chi connectivity index (χ2v) is 7.04. The minimum absolute atomic E-state index is 0.0114. The third kappa shape index (κ3) is 3.98. The van der Waals surface area contributed by atoms with Crippen molar-refractivity contribution in [3.05, 3.63) is 24.3 Å². The van der Waals surface area contributed by atoms with E-state index >= 15 is 0 Å². The van der Waals surface area contributed by atoms with E-state index in [1.54, 1.807) is 24.3 Å². The molecule has 1 aliphatic carbocycles. The minimum Gasteiger partial charge on any atom is -0.481 e. The number of hydrogen-bond acceptors (Lipinski definition) is 4. The van der Waals surface area contributed by atoms with Crippen LogP contribution in [0.15, 0.2) is 24.3 Å². The fourth-order valence-corrected chi connectivity index (χ4v) is 3.74. The molecule has 0 unspecified atom stereocenters. The fraction of sp³-hybridized carbons (Fsp3) is 0.526. The number of aliphatic carboxylic acids is 1. The van der Waals surface area contributed by atoms with Gasteiger partial charge in [0.05, 0.1) is 12.0 Å². The number of nitrogens with zero attached hydrogens (tertiary/aromatic N) is 1. The molecule has 1 saturated carbocycles. The highest BCUT2D eigenvalue weighted by molar-refractivity contribution is 5.95. The van der Waals surface area contributed by atoms with Gasteiger partial charge in [0, 0.05) is 17.8 Å². The van der Waals surface area contributed by atoms with Gasteiger partial charge in [-0.05, 0) is 37.1 Å². The summed E-state index contributed by atoms with van der Waals surface area (Å²) >= 11 is 0. The van der Waals surface area contributed by atoms with E-state index in [2.05, 4.69) is 5.32 Å². The maximum Gasteiger partial charge on any atom is 0.414 e. The Labute approximate surface area is 152 Å². The molecule has 1 aliphatic heterocycles. The summed E-state index contributed by atoms with van der Waals surface area (Å²) in [5.41, 5.74) is 0.330. The van der Waals surface area contributed by atoms with Crippen LogP contribution in [-0.4, -0.2) is 36.2 Å². The number of nitrogens with one attached hydrogen (secondary N) is 1. The Morgan fingerprint density at radius 2 is 1.77 bits per heavy atom. The summed E-state index contributed by atoms with van der Waals surface area (Å²) in [7, 11) is 0. The molecular formula is C19H24N2O5. The van der Waals surface area contributed by atoms with E-state index in [9.17, 15) is 19.5 Å². The van der Waals surface area contributed by atoms with Gasteiger partial charge in [0.15, 0.2) is 0 Å². The van der Waals surface area contributed by atoms with Gasteiger partial charge in [-0.15, -0.1) is 0 Å². The molecule has 26 heavy (non-hydrogen) atoms. The fourth-order valence-electron chi connectivity index (χ4n) is 3.74. The van der Waals surface area contributed by atoms with Crippen molar-refractivity contribution < 1.29 is 24.2 Å². The van der Waals surface area contributed by atoms with Crippen molar-refractivity contribution in [2.24, 2.45) is 5.41 Å². The first-order valence-electron chi connectivity index (χ1n) is 9.08.